The zero-order valence-corrected chi connectivity index (χ0v) is 9.73. The predicted octanol–water partition coefficient (Wildman–Crippen LogP) is 1.81. The van der Waals surface area contributed by atoms with Gasteiger partial charge in [-0.05, 0) is 20.0 Å². The SMILES string of the molecule is CCn1ccnc1Cc1ccoc1CNC. The van der Waals surface area contributed by atoms with Gasteiger partial charge in [0.05, 0.1) is 12.8 Å². The standard InChI is InChI=1S/C12H17N3O/c1-3-15-6-5-14-12(15)8-10-4-7-16-11(10)9-13-2/h4-7,13H,3,8-9H2,1-2H3. The van der Waals surface area contributed by atoms with Crippen LogP contribution < -0.4 is 5.32 Å². The first kappa shape index (κ1) is 11.0. The Balaban J connectivity index is 2.17. The van der Waals surface area contributed by atoms with E-state index in [-0.39, 0.29) is 0 Å². The summed E-state index contributed by atoms with van der Waals surface area (Å²) in [6.45, 7) is 3.83. The molecule has 0 aromatic carbocycles. The summed E-state index contributed by atoms with van der Waals surface area (Å²) < 4.78 is 7.58. The number of aromatic nitrogens is 2. The highest BCUT2D eigenvalue weighted by atomic mass is 16.3. The van der Waals surface area contributed by atoms with Crippen LogP contribution in [0.3, 0.4) is 0 Å². The maximum atomic E-state index is 5.43. The van der Waals surface area contributed by atoms with Gasteiger partial charge in [-0.2, -0.15) is 0 Å². The van der Waals surface area contributed by atoms with Crippen molar-refractivity contribution in [1.82, 2.24) is 14.9 Å². The highest BCUT2D eigenvalue weighted by Crippen LogP contribution is 2.14. The van der Waals surface area contributed by atoms with Crippen molar-refractivity contribution in [3.63, 3.8) is 0 Å². The summed E-state index contributed by atoms with van der Waals surface area (Å²) in [5.41, 5.74) is 1.20. The molecule has 2 rings (SSSR count). The molecule has 0 atom stereocenters. The van der Waals surface area contributed by atoms with Crippen molar-refractivity contribution in [3.8, 4) is 0 Å². The molecule has 1 N–H and O–H groups in total. The Morgan fingerprint density at radius 1 is 1.50 bits per heavy atom. The molecule has 0 amide bonds. The predicted molar refractivity (Wildman–Crippen MR) is 62.2 cm³/mol. The van der Waals surface area contributed by atoms with Gasteiger partial charge in [-0.25, -0.2) is 4.98 Å². The lowest BCUT2D eigenvalue weighted by Gasteiger charge is -2.04. The van der Waals surface area contributed by atoms with Crippen LogP contribution in [0, 0.1) is 0 Å². The summed E-state index contributed by atoms with van der Waals surface area (Å²) in [5.74, 6) is 2.08. The molecule has 16 heavy (non-hydrogen) atoms. The Labute approximate surface area is 95.3 Å². The van der Waals surface area contributed by atoms with Gasteiger partial charge < -0.3 is 14.3 Å². The van der Waals surface area contributed by atoms with E-state index in [0.29, 0.717) is 0 Å². The fraction of sp³-hybridized carbons (Fsp3) is 0.417. The molecule has 0 aliphatic carbocycles. The van der Waals surface area contributed by atoms with E-state index in [1.54, 1.807) is 6.26 Å². The molecular weight excluding hydrogens is 202 g/mol. The fourth-order valence-electron chi connectivity index (χ4n) is 1.81. The van der Waals surface area contributed by atoms with Gasteiger partial charge >= 0.3 is 0 Å². The Hall–Kier alpha value is -1.55. The van der Waals surface area contributed by atoms with Crippen LogP contribution >= 0.6 is 0 Å². The summed E-state index contributed by atoms with van der Waals surface area (Å²) in [5, 5.41) is 3.10. The molecule has 2 aromatic heterocycles. The van der Waals surface area contributed by atoms with Gasteiger partial charge in [0.25, 0.3) is 0 Å². The van der Waals surface area contributed by atoms with E-state index in [1.807, 2.05) is 25.5 Å². The average molecular weight is 219 g/mol. The number of rotatable bonds is 5. The smallest absolute Gasteiger partial charge is 0.121 e. The number of nitrogens with one attached hydrogen (secondary N) is 1. The van der Waals surface area contributed by atoms with Crippen molar-refractivity contribution in [2.75, 3.05) is 7.05 Å². The number of nitrogens with zero attached hydrogens (tertiary/aromatic N) is 2. The topological polar surface area (TPSA) is 43.0 Å². The Morgan fingerprint density at radius 3 is 3.12 bits per heavy atom. The molecule has 4 heteroatoms. The molecule has 0 fully saturated rings. The molecule has 0 aliphatic rings. The first-order valence-corrected chi connectivity index (χ1v) is 5.55. The third kappa shape index (κ3) is 2.17. The van der Waals surface area contributed by atoms with Gasteiger partial charge in [-0.1, -0.05) is 0 Å². The highest BCUT2D eigenvalue weighted by Gasteiger charge is 2.09. The number of hydrogen-bond donors (Lipinski definition) is 1. The molecule has 2 aromatic rings. The van der Waals surface area contributed by atoms with Gasteiger partial charge in [0, 0.05) is 30.9 Å². The van der Waals surface area contributed by atoms with E-state index >= 15 is 0 Å². The number of furan rings is 1. The maximum Gasteiger partial charge on any atom is 0.121 e. The first-order chi connectivity index (χ1) is 7.85. The van der Waals surface area contributed by atoms with Gasteiger partial charge in [0.1, 0.15) is 11.6 Å². The van der Waals surface area contributed by atoms with E-state index in [9.17, 15) is 0 Å². The minimum Gasteiger partial charge on any atom is -0.468 e. The van der Waals surface area contributed by atoms with Crippen molar-refractivity contribution in [2.24, 2.45) is 0 Å². The largest absolute Gasteiger partial charge is 0.468 e. The molecule has 0 saturated heterocycles. The third-order valence-corrected chi connectivity index (χ3v) is 2.67. The van der Waals surface area contributed by atoms with Gasteiger partial charge in [0.2, 0.25) is 0 Å². The van der Waals surface area contributed by atoms with E-state index in [4.69, 9.17) is 4.42 Å². The minimum absolute atomic E-state index is 0.759. The van der Waals surface area contributed by atoms with Gasteiger partial charge in [-0.3, -0.25) is 0 Å². The minimum atomic E-state index is 0.759. The van der Waals surface area contributed by atoms with Crippen LogP contribution in [0.4, 0.5) is 0 Å². The van der Waals surface area contributed by atoms with Crippen molar-refractivity contribution >= 4 is 0 Å². The number of hydrogen-bond acceptors (Lipinski definition) is 3. The van der Waals surface area contributed by atoms with Gasteiger partial charge in [-0.15, -0.1) is 0 Å². The van der Waals surface area contributed by atoms with Crippen molar-refractivity contribution < 1.29 is 4.42 Å². The van der Waals surface area contributed by atoms with Gasteiger partial charge in [0.15, 0.2) is 0 Å². The fourth-order valence-corrected chi connectivity index (χ4v) is 1.81. The molecule has 0 spiro atoms. The van der Waals surface area contributed by atoms with Crippen LogP contribution in [-0.2, 0) is 19.5 Å². The molecule has 4 nitrogen and oxygen atoms in total. The van der Waals surface area contributed by atoms with Crippen molar-refractivity contribution in [1.29, 1.82) is 0 Å². The van der Waals surface area contributed by atoms with Crippen LogP contribution in [0.25, 0.3) is 0 Å². The third-order valence-electron chi connectivity index (χ3n) is 2.67. The lowest BCUT2D eigenvalue weighted by atomic mass is 10.1. The zero-order chi connectivity index (χ0) is 11.4. The van der Waals surface area contributed by atoms with Crippen molar-refractivity contribution in [3.05, 3.63) is 41.9 Å². The molecule has 0 unspecified atom stereocenters. The summed E-state index contributed by atoms with van der Waals surface area (Å²) in [4.78, 5) is 4.36. The van der Waals surface area contributed by atoms with Crippen LogP contribution in [0.2, 0.25) is 0 Å². The lowest BCUT2D eigenvalue weighted by Crippen LogP contribution is -2.08. The molecular formula is C12H17N3O. The molecule has 2 heterocycles. The Bertz CT molecular complexity index is 445. The lowest BCUT2D eigenvalue weighted by molar-refractivity contribution is 0.490. The molecule has 86 valence electrons. The molecule has 0 aliphatic heterocycles. The van der Waals surface area contributed by atoms with E-state index in [2.05, 4.69) is 21.8 Å². The molecule has 0 bridgehead atoms. The summed E-state index contributed by atoms with van der Waals surface area (Å²) in [7, 11) is 1.92. The second-order valence-corrected chi connectivity index (χ2v) is 3.71. The molecule has 0 radical (unpaired) electrons. The quantitative estimate of drug-likeness (QED) is 0.834. The number of aryl methyl sites for hydroxylation is 1. The highest BCUT2D eigenvalue weighted by molar-refractivity contribution is 5.21. The van der Waals surface area contributed by atoms with Crippen LogP contribution in [-0.4, -0.2) is 16.6 Å². The second-order valence-electron chi connectivity index (χ2n) is 3.71. The summed E-state index contributed by atoms with van der Waals surface area (Å²) >= 11 is 0. The monoisotopic (exact) mass is 219 g/mol. The normalized spacial score (nSPS) is 10.9. The molecule has 0 saturated carbocycles. The van der Waals surface area contributed by atoms with Crippen LogP contribution in [0.1, 0.15) is 24.1 Å². The van der Waals surface area contributed by atoms with Crippen molar-refractivity contribution in [2.45, 2.75) is 26.4 Å². The zero-order valence-electron chi connectivity index (χ0n) is 9.73. The summed E-state index contributed by atoms with van der Waals surface area (Å²) in [6, 6.07) is 2.02. The Morgan fingerprint density at radius 2 is 2.38 bits per heavy atom. The Kier molecular flexibility index (Phi) is 3.41. The summed E-state index contributed by atoms with van der Waals surface area (Å²) in [6.07, 6.45) is 6.42. The maximum absolute atomic E-state index is 5.43. The van der Waals surface area contributed by atoms with E-state index < -0.39 is 0 Å². The van der Waals surface area contributed by atoms with Crippen LogP contribution in [0.15, 0.2) is 29.1 Å². The average Bonchev–Trinajstić information content (AvgIpc) is 2.89. The second kappa shape index (κ2) is 4.99. The first-order valence-electron chi connectivity index (χ1n) is 5.55. The van der Waals surface area contributed by atoms with E-state index in [0.717, 1.165) is 31.1 Å². The van der Waals surface area contributed by atoms with Crippen LogP contribution in [0.5, 0.6) is 0 Å². The number of imidazole rings is 1. The van der Waals surface area contributed by atoms with E-state index in [1.165, 1.54) is 5.56 Å².